The molecule has 0 aliphatic heterocycles. The highest BCUT2D eigenvalue weighted by Crippen LogP contribution is 2.19. The summed E-state index contributed by atoms with van der Waals surface area (Å²) >= 11 is 0. The van der Waals surface area contributed by atoms with Crippen molar-refractivity contribution in [1.82, 2.24) is 5.32 Å². The molecule has 0 fully saturated rings. The monoisotopic (exact) mass is 345 g/mol. The van der Waals surface area contributed by atoms with Crippen LogP contribution in [0.1, 0.15) is 15.9 Å². The Morgan fingerprint density at radius 1 is 1.04 bits per heavy atom. The van der Waals surface area contributed by atoms with Gasteiger partial charge >= 0.3 is 6.18 Å². The number of nitrogens with one attached hydrogen (secondary N) is 1. The number of amides is 1. The Morgan fingerprint density at radius 3 is 2.33 bits per heavy atom. The second-order valence-electron chi connectivity index (χ2n) is 4.85. The van der Waals surface area contributed by atoms with Gasteiger partial charge < -0.3 is 10.1 Å². The molecule has 1 N–H and O–H groups in total. The predicted octanol–water partition coefficient (Wildman–Crippen LogP) is 3.84. The lowest BCUT2D eigenvalue weighted by atomic mass is 10.1. The Balaban J connectivity index is 1.92. The summed E-state index contributed by atoms with van der Waals surface area (Å²) in [5, 5.41) is 2.39. The number of carbonyl (C=O) groups excluding carboxylic acids is 1. The fraction of sp³-hybridized carbons (Fsp3) is 0.188. The molecular formula is C16H12F5NO2. The topological polar surface area (TPSA) is 38.3 Å². The van der Waals surface area contributed by atoms with E-state index in [2.05, 4.69) is 10.1 Å². The molecule has 2 aromatic rings. The van der Waals surface area contributed by atoms with E-state index in [1.807, 2.05) is 0 Å². The van der Waals surface area contributed by atoms with E-state index < -0.39 is 35.9 Å². The van der Waals surface area contributed by atoms with Gasteiger partial charge in [-0.1, -0.05) is 12.1 Å². The summed E-state index contributed by atoms with van der Waals surface area (Å²) in [5.74, 6) is -2.37. The summed E-state index contributed by atoms with van der Waals surface area (Å²) in [7, 11) is 0. The van der Waals surface area contributed by atoms with Crippen LogP contribution in [-0.2, 0) is 6.54 Å². The van der Waals surface area contributed by atoms with Crippen LogP contribution >= 0.6 is 0 Å². The van der Waals surface area contributed by atoms with Crippen molar-refractivity contribution in [3.05, 3.63) is 65.2 Å². The fourth-order valence-corrected chi connectivity index (χ4v) is 1.82. The minimum Gasteiger partial charge on any atom is -0.484 e. The van der Waals surface area contributed by atoms with Gasteiger partial charge in [-0.05, 0) is 35.9 Å². The summed E-state index contributed by atoms with van der Waals surface area (Å²) in [5.41, 5.74) is 0.125. The van der Waals surface area contributed by atoms with E-state index in [-0.39, 0.29) is 12.3 Å². The molecule has 8 heteroatoms. The molecule has 0 atom stereocenters. The molecule has 0 saturated heterocycles. The second kappa shape index (κ2) is 7.29. The molecule has 0 saturated carbocycles. The third kappa shape index (κ3) is 5.22. The van der Waals surface area contributed by atoms with E-state index in [1.54, 1.807) is 0 Å². The summed E-state index contributed by atoms with van der Waals surface area (Å²) in [4.78, 5) is 11.8. The van der Waals surface area contributed by atoms with Gasteiger partial charge in [-0.3, -0.25) is 4.79 Å². The fourth-order valence-electron chi connectivity index (χ4n) is 1.82. The molecule has 128 valence electrons. The van der Waals surface area contributed by atoms with E-state index in [1.165, 1.54) is 24.3 Å². The first-order valence-electron chi connectivity index (χ1n) is 6.76. The minimum absolute atomic E-state index is 0.00562. The van der Waals surface area contributed by atoms with Crippen LogP contribution in [0.5, 0.6) is 5.75 Å². The first-order valence-corrected chi connectivity index (χ1v) is 6.76. The summed E-state index contributed by atoms with van der Waals surface area (Å²) in [6, 6.07) is 8.05. The summed E-state index contributed by atoms with van der Waals surface area (Å²) in [6.07, 6.45) is -4.43. The van der Waals surface area contributed by atoms with Crippen LogP contribution in [0.15, 0.2) is 42.5 Å². The number of ether oxygens (including phenoxy) is 1. The quantitative estimate of drug-likeness (QED) is 0.837. The lowest BCUT2D eigenvalue weighted by Crippen LogP contribution is -2.24. The summed E-state index contributed by atoms with van der Waals surface area (Å²) < 4.78 is 67.1. The van der Waals surface area contributed by atoms with Gasteiger partial charge in [-0.2, -0.15) is 13.2 Å². The van der Waals surface area contributed by atoms with E-state index in [0.29, 0.717) is 5.56 Å². The number of rotatable bonds is 5. The smallest absolute Gasteiger partial charge is 0.422 e. The third-order valence-electron chi connectivity index (χ3n) is 2.95. The molecule has 0 bridgehead atoms. The van der Waals surface area contributed by atoms with Gasteiger partial charge in [-0.25, -0.2) is 8.78 Å². The van der Waals surface area contributed by atoms with E-state index in [9.17, 15) is 26.7 Å². The average Bonchev–Trinajstić information content (AvgIpc) is 2.53. The van der Waals surface area contributed by atoms with Gasteiger partial charge in [0, 0.05) is 6.54 Å². The van der Waals surface area contributed by atoms with E-state index in [0.717, 1.165) is 18.2 Å². The highest BCUT2D eigenvalue weighted by molar-refractivity contribution is 5.94. The van der Waals surface area contributed by atoms with Crippen molar-refractivity contribution in [2.24, 2.45) is 0 Å². The molecule has 0 aromatic heterocycles. The second-order valence-corrected chi connectivity index (χ2v) is 4.85. The van der Waals surface area contributed by atoms with Gasteiger partial charge in [-0.15, -0.1) is 0 Å². The molecule has 24 heavy (non-hydrogen) atoms. The molecule has 2 aromatic carbocycles. The SMILES string of the molecule is O=C(NCc1ccc(OCC(F)(F)F)cc1)c1cc(F)ccc1F. The summed E-state index contributed by atoms with van der Waals surface area (Å²) in [6.45, 7) is -1.41. The molecule has 0 unspecified atom stereocenters. The largest absolute Gasteiger partial charge is 0.484 e. The third-order valence-corrected chi connectivity index (χ3v) is 2.95. The van der Waals surface area contributed by atoms with Crippen LogP contribution in [0, 0.1) is 11.6 Å². The molecule has 1 amide bonds. The normalized spacial score (nSPS) is 11.2. The molecule has 0 aliphatic rings. The first-order chi connectivity index (χ1) is 11.2. The van der Waals surface area contributed by atoms with Crippen LogP contribution in [-0.4, -0.2) is 18.7 Å². The first kappa shape index (κ1) is 17.7. The highest BCUT2D eigenvalue weighted by Gasteiger charge is 2.28. The van der Waals surface area contributed by atoms with Crippen LogP contribution in [0.2, 0.25) is 0 Å². The van der Waals surface area contributed by atoms with Gasteiger partial charge in [0.15, 0.2) is 6.61 Å². The van der Waals surface area contributed by atoms with Crippen LogP contribution in [0.4, 0.5) is 22.0 Å². The zero-order valence-corrected chi connectivity index (χ0v) is 12.2. The molecule has 0 heterocycles. The number of carbonyl (C=O) groups is 1. The zero-order chi connectivity index (χ0) is 17.7. The van der Waals surface area contributed by atoms with Crippen molar-refractivity contribution in [3.63, 3.8) is 0 Å². The zero-order valence-electron chi connectivity index (χ0n) is 12.2. The van der Waals surface area contributed by atoms with Crippen molar-refractivity contribution in [2.75, 3.05) is 6.61 Å². The number of benzene rings is 2. The van der Waals surface area contributed by atoms with Crippen molar-refractivity contribution >= 4 is 5.91 Å². The molecule has 0 radical (unpaired) electrons. The number of halogens is 5. The van der Waals surface area contributed by atoms with Gasteiger partial charge in [0.1, 0.15) is 17.4 Å². The minimum atomic E-state index is -4.43. The van der Waals surface area contributed by atoms with Crippen LogP contribution in [0.3, 0.4) is 0 Å². The lowest BCUT2D eigenvalue weighted by molar-refractivity contribution is -0.153. The molecule has 2 rings (SSSR count). The van der Waals surface area contributed by atoms with Crippen molar-refractivity contribution in [3.8, 4) is 5.75 Å². The number of alkyl halides is 3. The van der Waals surface area contributed by atoms with Crippen molar-refractivity contribution in [2.45, 2.75) is 12.7 Å². The number of hydrogen-bond donors (Lipinski definition) is 1. The Bertz CT molecular complexity index is 713. The Labute approximate surface area is 134 Å². The van der Waals surface area contributed by atoms with Crippen molar-refractivity contribution in [1.29, 1.82) is 0 Å². The molecule has 0 spiro atoms. The maximum absolute atomic E-state index is 13.4. The van der Waals surface area contributed by atoms with E-state index in [4.69, 9.17) is 0 Å². The van der Waals surface area contributed by atoms with E-state index >= 15 is 0 Å². The maximum Gasteiger partial charge on any atom is 0.422 e. The predicted molar refractivity (Wildman–Crippen MR) is 75.5 cm³/mol. The molecule has 0 aliphatic carbocycles. The Morgan fingerprint density at radius 2 is 1.71 bits per heavy atom. The lowest BCUT2D eigenvalue weighted by Gasteiger charge is -2.10. The van der Waals surface area contributed by atoms with Crippen molar-refractivity contribution < 1.29 is 31.5 Å². The average molecular weight is 345 g/mol. The van der Waals surface area contributed by atoms with Crippen LogP contribution < -0.4 is 10.1 Å². The number of hydrogen-bond acceptors (Lipinski definition) is 2. The Kier molecular flexibility index (Phi) is 5.38. The van der Waals surface area contributed by atoms with Gasteiger partial charge in [0.25, 0.3) is 5.91 Å². The van der Waals surface area contributed by atoms with Gasteiger partial charge in [0.05, 0.1) is 5.56 Å². The van der Waals surface area contributed by atoms with Crippen LogP contribution in [0.25, 0.3) is 0 Å². The Hall–Kier alpha value is -2.64. The molecular weight excluding hydrogens is 333 g/mol. The maximum atomic E-state index is 13.4. The highest BCUT2D eigenvalue weighted by atomic mass is 19.4. The van der Waals surface area contributed by atoms with Gasteiger partial charge in [0.2, 0.25) is 0 Å². The molecule has 3 nitrogen and oxygen atoms in total. The standard InChI is InChI=1S/C16H12F5NO2/c17-11-3-6-14(18)13(7-11)15(23)22-8-10-1-4-12(5-2-10)24-9-16(19,20)21/h1-7H,8-9H2,(H,22,23).